The Kier molecular flexibility index (Phi) is 4.83. The molecule has 2 aromatic rings. The van der Waals surface area contributed by atoms with Crippen molar-refractivity contribution in [2.24, 2.45) is 0 Å². The highest BCUT2D eigenvalue weighted by Gasteiger charge is 2.43. The smallest absolute Gasteiger partial charge is 0.138 e. The van der Waals surface area contributed by atoms with Crippen molar-refractivity contribution >= 4 is 0 Å². The quantitative estimate of drug-likeness (QED) is 0.832. The molecule has 0 N–H and O–H groups in total. The van der Waals surface area contributed by atoms with Gasteiger partial charge in [0.25, 0.3) is 0 Å². The van der Waals surface area contributed by atoms with Crippen LogP contribution in [0.2, 0.25) is 0 Å². The zero-order valence-electron chi connectivity index (χ0n) is 14.9. The van der Waals surface area contributed by atoms with Gasteiger partial charge in [-0.25, -0.2) is 0 Å². The fourth-order valence-electron chi connectivity index (χ4n) is 3.99. The molecule has 4 rings (SSSR count). The minimum absolute atomic E-state index is 0.100. The zero-order valence-corrected chi connectivity index (χ0v) is 14.9. The van der Waals surface area contributed by atoms with Gasteiger partial charge in [0.15, 0.2) is 0 Å². The predicted molar refractivity (Wildman–Crippen MR) is 92.0 cm³/mol. The Labute approximate surface area is 148 Å². The van der Waals surface area contributed by atoms with Gasteiger partial charge >= 0.3 is 0 Å². The second-order valence-corrected chi connectivity index (χ2v) is 6.96. The van der Waals surface area contributed by atoms with Gasteiger partial charge in [0, 0.05) is 37.1 Å². The van der Waals surface area contributed by atoms with E-state index in [-0.39, 0.29) is 12.2 Å². The van der Waals surface area contributed by atoms with Crippen molar-refractivity contribution in [3.8, 4) is 0 Å². The average Bonchev–Trinajstić information content (AvgIpc) is 3.10. The molecule has 2 bridgehead atoms. The van der Waals surface area contributed by atoms with Crippen molar-refractivity contribution in [1.82, 2.24) is 15.0 Å². The van der Waals surface area contributed by atoms with Crippen LogP contribution in [0.1, 0.15) is 35.4 Å². The van der Waals surface area contributed by atoms with Gasteiger partial charge in [-0.1, -0.05) is 11.2 Å². The monoisotopic (exact) mass is 343 g/mol. The number of hydrogen-bond acceptors (Lipinski definition) is 6. The van der Waals surface area contributed by atoms with Gasteiger partial charge in [-0.3, -0.25) is 9.88 Å². The minimum Gasteiger partial charge on any atom is -0.374 e. The van der Waals surface area contributed by atoms with Gasteiger partial charge in [-0.2, -0.15) is 0 Å². The Morgan fingerprint density at radius 3 is 3.00 bits per heavy atom. The van der Waals surface area contributed by atoms with E-state index in [2.05, 4.69) is 15.0 Å². The normalized spacial score (nSPS) is 26.7. The van der Waals surface area contributed by atoms with E-state index < -0.39 is 0 Å². The van der Waals surface area contributed by atoms with Crippen LogP contribution in [0, 0.1) is 13.8 Å². The number of pyridine rings is 1. The summed E-state index contributed by atoms with van der Waals surface area (Å²) < 4.78 is 17.7. The van der Waals surface area contributed by atoms with Gasteiger partial charge in [-0.05, 0) is 38.3 Å². The molecule has 0 radical (unpaired) electrons. The highest BCUT2D eigenvalue weighted by atomic mass is 16.5. The van der Waals surface area contributed by atoms with Crippen LogP contribution in [-0.2, 0) is 22.6 Å². The molecule has 3 unspecified atom stereocenters. The third kappa shape index (κ3) is 3.47. The molecule has 0 amide bonds. The Bertz CT molecular complexity index is 684. The molecule has 2 fully saturated rings. The summed E-state index contributed by atoms with van der Waals surface area (Å²) in [5, 5.41) is 4.09. The maximum absolute atomic E-state index is 6.30. The summed E-state index contributed by atoms with van der Waals surface area (Å²) in [5.74, 6) is 0.907. The molecular weight excluding hydrogens is 318 g/mol. The van der Waals surface area contributed by atoms with Crippen LogP contribution < -0.4 is 0 Å². The van der Waals surface area contributed by atoms with E-state index in [0.717, 1.165) is 49.6 Å². The van der Waals surface area contributed by atoms with E-state index in [0.29, 0.717) is 12.6 Å². The van der Waals surface area contributed by atoms with Crippen molar-refractivity contribution in [2.75, 3.05) is 13.2 Å². The summed E-state index contributed by atoms with van der Waals surface area (Å²) in [5.41, 5.74) is 3.27. The topological polar surface area (TPSA) is 60.6 Å². The number of hydrogen-bond donors (Lipinski definition) is 0. The number of nitrogens with zero attached hydrogens (tertiary/aromatic N) is 3. The van der Waals surface area contributed by atoms with Crippen LogP contribution in [0.5, 0.6) is 0 Å². The van der Waals surface area contributed by atoms with Crippen LogP contribution in [0.3, 0.4) is 0 Å². The highest BCUT2D eigenvalue weighted by molar-refractivity contribution is 5.21. The molecule has 25 heavy (non-hydrogen) atoms. The number of rotatable bonds is 5. The molecule has 0 aromatic carbocycles. The van der Waals surface area contributed by atoms with Crippen molar-refractivity contribution < 1.29 is 14.0 Å². The van der Waals surface area contributed by atoms with Crippen molar-refractivity contribution in [2.45, 2.75) is 58.1 Å². The van der Waals surface area contributed by atoms with E-state index in [9.17, 15) is 0 Å². The molecule has 1 aliphatic carbocycles. The largest absolute Gasteiger partial charge is 0.374 e. The van der Waals surface area contributed by atoms with Gasteiger partial charge in [0.2, 0.25) is 0 Å². The molecule has 2 aliphatic rings. The van der Waals surface area contributed by atoms with Crippen molar-refractivity contribution in [3.05, 3.63) is 47.1 Å². The molecule has 1 aliphatic heterocycles. The van der Waals surface area contributed by atoms with Gasteiger partial charge < -0.3 is 14.0 Å². The number of fused-ring (bicyclic) bond motifs is 2. The van der Waals surface area contributed by atoms with Crippen molar-refractivity contribution in [3.63, 3.8) is 0 Å². The van der Waals surface area contributed by atoms with Crippen LogP contribution in [0.25, 0.3) is 0 Å². The second kappa shape index (κ2) is 7.23. The lowest BCUT2D eigenvalue weighted by atomic mass is 10.1. The van der Waals surface area contributed by atoms with Crippen LogP contribution in [0.4, 0.5) is 0 Å². The summed E-state index contributed by atoms with van der Waals surface area (Å²) >= 11 is 0. The highest BCUT2D eigenvalue weighted by Crippen LogP contribution is 2.34. The average molecular weight is 343 g/mol. The molecule has 1 saturated carbocycles. The van der Waals surface area contributed by atoms with E-state index in [1.165, 1.54) is 5.56 Å². The molecular formula is C19H25N3O3. The predicted octanol–water partition coefficient (Wildman–Crippen LogP) is 2.64. The molecule has 6 heteroatoms. The number of aryl methyl sites for hydroxylation is 2. The van der Waals surface area contributed by atoms with E-state index in [4.69, 9.17) is 14.0 Å². The Balaban J connectivity index is 1.48. The Morgan fingerprint density at radius 2 is 2.24 bits per heavy atom. The first-order valence-electron chi connectivity index (χ1n) is 9.00. The van der Waals surface area contributed by atoms with E-state index >= 15 is 0 Å². The third-order valence-electron chi connectivity index (χ3n) is 5.38. The molecule has 6 nitrogen and oxygen atoms in total. The number of ether oxygens (including phenoxy) is 2. The van der Waals surface area contributed by atoms with Crippen LogP contribution in [-0.4, -0.2) is 46.4 Å². The Morgan fingerprint density at radius 1 is 1.32 bits per heavy atom. The maximum atomic E-state index is 6.30. The number of aromatic nitrogens is 2. The second-order valence-electron chi connectivity index (χ2n) is 6.96. The van der Waals surface area contributed by atoms with Crippen LogP contribution in [0.15, 0.2) is 29.0 Å². The zero-order chi connectivity index (χ0) is 17.2. The molecule has 134 valence electrons. The first kappa shape index (κ1) is 16.7. The lowest BCUT2D eigenvalue weighted by Crippen LogP contribution is -2.42. The maximum Gasteiger partial charge on any atom is 0.138 e. The van der Waals surface area contributed by atoms with Gasteiger partial charge in [-0.15, -0.1) is 0 Å². The first-order chi connectivity index (χ1) is 12.2. The summed E-state index contributed by atoms with van der Waals surface area (Å²) in [6.45, 7) is 7.07. The standard InChI is InChI=1S/C19H25N3O3/c1-13-16(14(2)25-21-13)11-22-8-9-23-18-6-5-17(22)19(18)24-12-15-4-3-7-20-10-15/h3-4,7,10,17-19H,5-6,8-9,11-12H2,1-2H3. The van der Waals surface area contributed by atoms with Gasteiger partial charge in [0.05, 0.1) is 31.1 Å². The lowest BCUT2D eigenvalue weighted by molar-refractivity contribution is -0.0614. The SMILES string of the molecule is Cc1noc(C)c1CN1CCOC2CCC1C2OCc1cccnc1. The third-order valence-corrected chi connectivity index (χ3v) is 5.38. The van der Waals surface area contributed by atoms with E-state index in [1.54, 1.807) is 6.20 Å². The van der Waals surface area contributed by atoms with E-state index in [1.807, 2.05) is 32.2 Å². The first-order valence-corrected chi connectivity index (χ1v) is 9.00. The van der Waals surface area contributed by atoms with Gasteiger partial charge in [0.1, 0.15) is 5.76 Å². The van der Waals surface area contributed by atoms with Crippen molar-refractivity contribution in [1.29, 1.82) is 0 Å². The summed E-state index contributed by atoms with van der Waals surface area (Å²) in [6.07, 6.45) is 6.10. The fraction of sp³-hybridized carbons (Fsp3) is 0.579. The van der Waals surface area contributed by atoms with Crippen LogP contribution >= 0.6 is 0 Å². The molecule has 1 saturated heterocycles. The molecule has 3 atom stereocenters. The summed E-state index contributed by atoms with van der Waals surface area (Å²) in [6, 6.07) is 4.37. The summed E-state index contributed by atoms with van der Waals surface area (Å²) in [4.78, 5) is 6.65. The Hall–Kier alpha value is -1.76. The molecule has 3 heterocycles. The molecule has 2 aromatic heterocycles. The summed E-state index contributed by atoms with van der Waals surface area (Å²) in [7, 11) is 0. The fourth-order valence-corrected chi connectivity index (χ4v) is 3.99. The minimum atomic E-state index is 0.100. The molecule has 0 spiro atoms. The lowest BCUT2D eigenvalue weighted by Gasteiger charge is -2.31.